The summed E-state index contributed by atoms with van der Waals surface area (Å²) in [4.78, 5) is 29.2. The topological polar surface area (TPSA) is 226 Å². The maximum atomic E-state index is 13.7. The Bertz CT molecular complexity index is 1920. The van der Waals surface area contributed by atoms with Crippen LogP contribution in [-0.4, -0.2) is 69.9 Å². The highest BCUT2D eigenvalue weighted by Crippen LogP contribution is 2.50. The summed E-state index contributed by atoms with van der Waals surface area (Å²) in [6.07, 6.45) is -0.827. The van der Waals surface area contributed by atoms with E-state index in [-0.39, 0.29) is 21.8 Å². The average Bonchev–Trinajstić information content (AvgIpc) is 3.41. The smallest absolute Gasteiger partial charge is 0.352 e. The van der Waals surface area contributed by atoms with E-state index in [1.54, 1.807) is 38.1 Å². The zero-order valence-corrected chi connectivity index (χ0v) is 28.2. The lowest BCUT2D eigenvalue weighted by molar-refractivity contribution is -0.0299. The van der Waals surface area contributed by atoms with Gasteiger partial charge in [-0.05, 0) is 50.6 Å². The van der Waals surface area contributed by atoms with Crippen molar-refractivity contribution in [2.24, 2.45) is 5.11 Å². The fraction of sp³-hybridized carbons (Fsp3) is 0.429. The molecule has 0 saturated carbocycles. The number of nitrogens with zero attached hydrogens (tertiary/aromatic N) is 4. The predicted molar refractivity (Wildman–Crippen MR) is 169 cm³/mol. The molecule has 1 aliphatic heterocycles. The number of aromatic amines is 1. The molecule has 47 heavy (non-hydrogen) atoms. The lowest BCUT2D eigenvalue weighted by Crippen LogP contribution is -2.33. The van der Waals surface area contributed by atoms with Gasteiger partial charge in [0.1, 0.15) is 6.23 Å². The van der Waals surface area contributed by atoms with Crippen molar-refractivity contribution < 1.29 is 39.7 Å². The normalized spacial score (nSPS) is 18.6. The summed E-state index contributed by atoms with van der Waals surface area (Å²) >= 11 is 0. The van der Waals surface area contributed by atoms with E-state index in [1.807, 2.05) is 0 Å². The second-order valence-electron chi connectivity index (χ2n) is 10.8. The molecule has 2 aromatic carbocycles. The maximum Gasteiger partial charge on any atom is 0.474 e. The highest BCUT2D eigenvalue weighted by molar-refractivity contribution is 7.91. The number of nitrogens with one attached hydrogen (secondary N) is 1. The predicted octanol–water partition coefficient (Wildman–Crippen LogP) is 3.53. The molecule has 0 bridgehead atoms. The number of phosphoric acid groups is 1. The molecule has 1 aliphatic rings. The van der Waals surface area contributed by atoms with Crippen LogP contribution in [0.5, 0.6) is 0 Å². The van der Waals surface area contributed by atoms with Crippen molar-refractivity contribution in [3.05, 3.63) is 103 Å². The Balaban J connectivity index is 1.49. The third-order valence-corrected chi connectivity index (χ3v) is 12.1. The Hall–Kier alpha value is -3.60. The molecule has 0 aliphatic carbocycles. The Morgan fingerprint density at radius 1 is 0.915 bits per heavy atom. The van der Waals surface area contributed by atoms with E-state index in [4.69, 9.17) is 23.8 Å². The first-order valence-corrected chi connectivity index (χ1v) is 19.0. The molecule has 3 atom stereocenters. The second kappa shape index (κ2) is 15.1. The Morgan fingerprint density at radius 2 is 1.43 bits per heavy atom. The molecular formula is C28H34N5O11PS2. The first-order chi connectivity index (χ1) is 22.1. The number of aromatic nitrogens is 2. The van der Waals surface area contributed by atoms with Crippen molar-refractivity contribution in [1.29, 1.82) is 0 Å². The number of azide groups is 1. The van der Waals surface area contributed by atoms with Crippen LogP contribution in [0.3, 0.4) is 0 Å². The molecule has 1 N–H and O–H groups in total. The van der Waals surface area contributed by atoms with E-state index in [1.165, 1.54) is 37.4 Å². The van der Waals surface area contributed by atoms with Gasteiger partial charge in [0.05, 0.1) is 53.3 Å². The number of H-pyrrole nitrogens is 1. The van der Waals surface area contributed by atoms with Crippen molar-refractivity contribution >= 4 is 27.5 Å². The number of aryl methyl sites for hydroxylation is 3. The standard InChI is InChI=1S/C28H34N5O11PS2/c1-19-4-8-22(9-5-19)46(37,38)14-12-41-45(36,42-13-15-47(39,40)23-10-6-20(2)7-11-23)43-18-25-24(31-32-29)16-26(44-25)33-17-21(3)27(34)30-28(33)35/h4-11,17,24-26H,12-16,18H2,1-3H3,(H,30,34,35)/t24-,25+,26+/m0/s1. The van der Waals surface area contributed by atoms with Gasteiger partial charge in [0.25, 0.3) is 5.56 Å². The summed E-state index contributed by atoms with van der Waals surface area (Å²) in [6, 6.07) is 11.2. The van der Waals surface area contributed by atoms with Crippen LogP contribution in [-0.2, 0) is 42.5 Å². The molecule has 16 nitrogen and oxygen atoms in total. The number of hydrogen-bond donors (Lipinski definition) is 1. The third kappa shape index (κ3) is 9.49. The van der Waals surface area contributed by atoms with Gasteiger partial charge in [-0.25, -0.2) is 26.2 Å². The zero-order chi connectivity index (χ0) is 34.4. The van der Waals surface area contributed by atoms with Gasteiger partial charge in [-0.1, -0.05) is 40.5 Å². The van der Waals surface area contributed by atoms with Crippen LogP contribution >= 0.6 is 7.82 Å². The second-order valence-corrected chi connectivity index (χ2v) is 16.7. The number of ether oxygens (including phenoxy) is 1. The lowest BCUT2D eigenvalue weighted by Gasteiger charge is -2.21. The molecule has 0 unspecified atom stereocenters. The lowest BCUT2D eigenvalue weighted by atomic mass is 10.1. The molecule has 3 aromatic rings. The SMILES string of the molecule is Cc1ccc(S(=O)(=O)CCOP(=O)(OCCS(=O)(=O)c2ccc(C)cc2)OC[C@H]2O[C@@H](n3cc(C)c(=O)[nH]c3=O)C[C@@H]2N=[N+]=[N-])cc1. The van der Waals surface area contributed by atoms with Gasteiger partial charge in [-0.2, -0.15) is 0 Å². The molecule has 2 heterocycles. The number of rotatable bonds is 15. The molecule has 0 spiro atoms. The fourth-order valence-electron chi connectivity index (χ4n) is 4.54. The van der Waals surface area contributed by atoms with Crippen molar-refractivity contribution in [3.63, 3.8) is 0 Å². The molecule has 19 heteroatoms. The Labute approximate surface area is 270 Å². The van der Waals surface area contributed by atoms with E-state index >= 15 is 0 Å². The van der Waals surface area contributed by atoms with E-state index in [0.29, 0.717) is 0 Å². The number of phosphoric ester groups is 1. The number of benzene rings is 2. The third-order valence-electron chi connectivity index (χ3n) is 7.22. The van der Waals surface area contributed by atoms with Crippen molar-refractivity contribution in [2.75, 3.05) is 31.3 Å². The molecule has 1 aromatic heterocycles. The van der Waals surface area contributed by atoms with E-state index in [2.05, 4.69) is 15.0 Å². The Morgan fingerprint density at radius 3 is 1.91 bits per heavy atom. The summed E-state index contributed by atoms with van der Waals surface area (Å²) in [6.45, 7) is 3.22. The van der Waals surface area contributed by atoms with Gasteiger partial charge in [0.15, 0.2) is 19.7 Å². The van der Waals surface area contributed by atoms with Crippen LogP contribution in [0.2, 0.25) is 0 Å². The van der Waals surface area contributed by atoms with E-state index in [0.717, 1.165) is 15.7 Å². The van der Waals surface area contributed by atoms with Gasteiger partial charge in [0.2, 0.25) is 0 Å². The molecule has 0 amide bonds. The quantitative estimate of drug-likeness (QED) is 0.104. The summed E-state index contributed by atoms with van der Waals surface area (Å²) in [7, 11) is -12.4. The minimum atomic E-state index is -4.66. The average molecular weight is 712 g/mol. The maximum absolute atomic E-state index is 13.7. The Kier molecular flexibility index (Phi) is 11.6. The first-order valence-electron chi connectivity index (χ1n) is 14.3. The van der Waals surface area contributed by atoms with E-state index < -0.39 is 88.4 Å². The minimum absolute atomic E-state index is 0.0148. The monoisotopic (exact) mass is 711 g/mol. The summed E-state index contributed by atoms with van der Waals surface area (Å²) < 4.78 is 88.2. The van der Waals surface area contributed by atoms with Crippen LogP contribution in [0.15, 0.2) is 79.2 Å². The fourth-order valence-corrected chi connectivity index (χ4v) is 8.15. The van der Waals surface area contributed by atoms with Crippen molar-refractivity contribution in [2.45, 2.75) is 55.4 Å². The molecular weight excluding hydrogens is 677 g/mol. The molecule has 1 fully saturated rings. The van der Waals surface area contributed by atoms with E-state index in [9.17, 15) is 31.0 Å². The van der Waals surface area contributed by atoms with Gasteiger partial charge in [-0.3, -0.25) is 27.9 Å². The van der Waals surface area contributed by atoms with Crippen LogP contribution < -0.4 is 11.2 Å². The van der Waals surface area contributed by atoms with Gasteiger partial charge >= 0.3 is 13.5 Å². The van der Waals surface area contributed by atoms with Gasteiger partial charge < -0.3 is 4.74 Å². The molecule has 1 saturated heterocycles. The van der Waals surface area contributed by atoms with Crippen molar-refractivity contribution in [3.8, 4) is 0 Å². The minimum Gasteiger partial charge on any atom is -0.352 e. The summed E-state index contributed by atoms with van der Waals surface area (Å²) in [5, 5.41) is 3.68. The van der Waals surface area contributed by atoms with Crippen molar-refractivity contribution in [1.82, 2.24) is 9.55 Å². The molecule has 254 valence electrons. The van der Waals surface area contributed by atoms with Crippen LogP contribution in [0, 0.1) is 20.8 Å². The van der Waals surface area contributed by atoms with Crippen LogP contribution in [0.25, 0.3) is 10.4 Å². The molecule has 4 rings (SSSR count). The van der Waals surface area contributed by atoms with Gasteiger partial charge in [-0.15, -0.1) is 0 Å². The number of hydrogen-bond acceptors (Lipinski definition) is 12. The summed E-state index contributed by atoms with van der Waals surface area (Å²) in [5.74, 6) is -1.21. The summed E-state index contributed by atoms with van der Waals surface area (Å²) in [5.41, 5.74) is 9.67. The first kappa shape index (κ1) is 36.2. The number of sulfone groups is 2. The van der Waals surface area contributed by atoms with Crippen LogP contribution in [0.1, 0.15) is 29.3 Å². The highest BCUT2D eigenvalue weighted by atomic mass is 32.2. The van der Waals surface area contributed by atoms with Crippen LogP contribution in [0.4, 0.5) is 0 Å². The van der Waals surface area contributed by atoms with Gasteiger partial charge in [0, 0.05) is 23.1 Å². The zero-order valence-electron chi connectivity index (χ0n) is 25.7. The molecule has 0 radical (unpaired) electrons. The largest absolute Gasteiger partial charge is 0.474 e. The highest BCUT2D eigenvalue weighted by Gasteiger charge is 2.39.